The van der Waals surface area contributed by atoms with Gasteiger partial charge < -0.3 is 4.90 Å². The first-order valence-electron chi connectivity index (χ1n) is 6.70. The molecule has 1 aromatic rings. The molecule has 3 heterocycles. The number of hydrogen-bond donors (Lipinski definition) is 0. The molecule has 0 saturated carbocycles. The molecule has 1 saturated heterocycles. The number of rotatable bonds is 2. The summed E-state index contributed by atoms with van der Waals surface area (Å²) in [6.45, 7) is 5.76. The van der Waals surface area contributed by atoms with Crippen LogP contribution >= 0.6 is 0 Å². The Labute approximate surface area is 103 Å². The van der Waals surface area contributed by atoms with Gasteiger partial charge in [-0.25, -0.2) is 0 Å². The van der Waals surface area contributed by atoms with E-state index in [1.807, 2.05) is 0 Å². The summed E-state index contributed by atoms with van der Waals surface area (Å²) in [4.78, 5) is 9.73. The maximum atomic E-state index is 4.84. The quantitative estimate of drug-likeness (QED) is 0.772. The number of pyridine rings is 1. The van der Waals surface area contributed by atoms with Crippen LogP contribution < -0.4 is 0 Å². The molecule has 2 aliphatic heterocycles. The summed E-state index contributed by atoms with van der Waals surface area (Å²) in [6, 6.07) is 4.50. The summed E-state index contributed by atoms with van der Waals surface area (Å²) in [5.74, 6) is 0. The van der Waals surface area contributed by atoms with E-state index < -0.39 is 0 Å². The first-order valence-corrected chi connectivity index (χ1v) is 6.70. The molecule has 2 aliphatic rings. The molecule has 0 radical (unpaired) electrons. The minimum Gasteiger partial charge on any atom is -0.302 e. The lowest BCUT2D eigenvalue weighted by Gasteiger charge is -2.25. The maximum Gasteiger partial charge on any atom is 0.0547 e. The summed E-state index contributed by atoms with van der Waals surface area (Å²) >= 11 is 0. The van der Waals surface area contributed by atoms with Crippen LogP contribution in [0.5, 0.6) is 0 Å². The van der Waals surface area contributed by atoms with Crippen LogP contribution in [0.15, 0.2) is 12.1 Å². The molecule has 0 unspecified atom stereocenters. The Balaban J connectivity index is 1.74. The normalized spacial score (nSPS) is 21.7. The Morgan fingerprint density at radius 2 is 2.00 bits per heavy atom. The molecular formula is C14H21N3. The van der Waals surface area contributed by atoms with Crippen molar-refractivity contribution in [1.82, 2.24) is 14.8 Å². The Hall–Kier alpha value is -0.930. The van der Waals surface area contributed by atoms with E-state index in [9.17, 15) is 0 Å². The topological polar surface area (TPSA) is 19.4 Å². The maximum absolute atomic E-state index is 4.84. The molecule has 0 amide bonds. The zero-order chi connectivity index (χ0) is 11.7. The second kappa shape index (κ2) is 4.75. The van der Waals surface area contributed by atoms with Crippen molar-refractivity contribution in [3.05, 3.63) is 29.1 Å². The summed E-state index contributed by atoms with van der Waals surface area (Å²) in [6.07, 6.45) is 3.82. The predicted octanol–water partition coefficient (Wildman–Crippen LogP) is 1.67. The number of aromatic nitrogens is 1. The molecule has 1 aromatic heterocycles. The molecule has 3 heteroatoms. The van der Waals surface area contributed by atoms with E-state index in [0.29, 0.717) is 0 Å². The molecule has 0 bridgehead atoms. The van der Waals surface area contributed by atoms with Gasteiger partial charge in [-0.15, -0.1) is 0 Å². The van der Waals surface area contributed by atoms with E-state index in [2.05, 4.69) is 29.0 Å². The van der Waals surface area contributed by atoms with Gasteiger partial charge in [-0.05, 0) is 44.6 Å². The van der Waals surface area contributed by atoms with E-state index in [0.717, 1.165) is 26.1 Å². The van der Waals surface area contributed by atoms with Gasteiger partial charge in [-0.2, -0.15) is 0 Å². The van der Waals surface area contributed by atoms with Gasteiger partial charge in [-0.1, -0.05) is 6.07 Å². The van der Waals surface area contributed by atoms with Crippen molar-refractivity contribution in [2.24, 2.45) is 0 Å². The lowest BCUT2D eigenvalue weighted by Crippen LogP contribution is -2.28. The fourth-order valence-electron chi connectivity index (χ4n) is 2.86. The predicted molar refractivity (Wildman–Crippen MR) is 68.8 cm³/mol. The van der Waals surface area contributed by atoms with Crippen molar-refractivity contribution in [2.45, 2.75) is 32.4 Å². The van der Waals surface area contributed by atoms with Crippen molar-refractivity contribution in [3.8, 4) is 0 Å². The van der Waals surface area contributed by atoms with Crippen LogP contribution in [-0.2, 0) is 19.5 Å². The fourth-order valence-corrected chi connectivity index (χ4v) is 2.86. The molecule has 0 aromatic carbocycles. The second-order valence-corrected chi connectivity index (χ2v) is 5.38. The summed E-state index contributed by atoms with van der Waals surface area (Å²) < 4.78 is 0. The highest BCUT2D eigenvalue weighted by Crippen LogP contribution is 2.18. The summed E-state index contributed by atoms with van der Waals surface area (Å²) in [5, 5.41) is 0. The molecule has 92 valence electrons. The third-order valence-electron chi connectivity index (χ3n) is 3.88. The second-order valence-electron chi connectivity index (χ2n) is 5.38. The minimum atomic E-state index is 1.04. The third kappa shape index (κ3) is 2.50. The largest absolute Gasteiger partial charge is 0.302 e. The van der Waals surface area contributed by atoms with Gasteiger partial charge >= 0.3 is 0 Å². The molecule has 0 atom stereocenters. The molecule has 0 spiro atoms. The Kier molecular flexibility index (Phi) is 3.12. The van der Waals surface area contributed by atoms with Crippen LogP contribution in [0, 0.1) is 0 Å². The van der Waals surface area contributed by atoms with Crippen molar-refractivity contribution in [1.29, 1.82) is 0 Å². The van der Waals surface area contributed by atoms with Gasteiger partial charge in [0.2, 0.25) is 0 Å². The van der Waals surface area contributed by atoms with Crippen LogP contribution in [0.3, 0.4) is 0 Å². The van der Waals surface area contributed by atoms with Crippen molar-refractivity contribution in [2.75, 3.05) is 26.7 Å². The molecule has 3 nitrogen and oxygen atoms in total. The number of likely N-dealkylation sites (tertiary alicyclic amines) is 1. The third-order valence-corrected chi connectivity index (χ3v) is 3.88. The van der Waals surface area contributed by atoms with E-state index in [4.69, 9.17) is 4.98 Å². The monoisotopic (exact) mass is 231 g/mol. The highest BCUT2D eigenvalue weighted by Gasteiger charge is 2.16. The summed E-state index contributed by atoms with van der Waals surface area (Å²) in [7, 11) is 2.18. The van der Waals surface area contributed by atoms with E-state index >= 15 is 0 Å². The first-order chi connectivity index (χ1) is 8.31. The molecule has 1 fully saturated rings. The van der Waals surface area contributed by atoms with Gasteiger partial charge in [-0.3, -0.25) is 9.88 Å². The molecule has 0 N–H and O–H groups in total. The number of likely N-dealkylation sites (N-methyl/N-ethyl adjacent to an activating group) is 1. The first kappa shape index (κ1) is 11.2. The SMILES string of the molecule is CN1CCc2nc(CN3CCCC3)ccc2C1. The highest BCUT2D eigenvalue weighted by atomic mass is 15.1. The number of hydrogen-bond acceptors (Lipinski definition) is 3. The number of fused-ring (bicyclic) bond motifs is 1. The molecule has 17 heavy (non-hydrogen) atoms. The van der Waals surface area contributed by atoms with Gasteiger partial charge in [0.25, 0.3) is 0 Å². The Bertz CT molecular complexity index is 396. The van der Waals surface area contributed by atoms with E-state index in [1.54, 1.807) is 0 Å². The lowest BCUT2D eigenvalue weighted by atomic mass is 10.1. The van der Waals surface area contributed by atoms with Gasteiger partial charge in [0.05, 0.1) is 5.69 Å². The van der Waals surface area contributed by atoms with Crippen molar-refractivity contribution in [3.63, 3.8) is 0 Å². The standard InChI is InChI=1S/C14H21N3/c1-16-9-6-14-12(10-16)4-5-13(15-14)11-17-7-2-3-8-17/h4-5H,2-3,6-11H2,1H3. The summed E-state index contributed by atoms with van der Waals surface area (Å²) in [5.41, 5.74) is 4.01. The van der Waals surface area contributed by atoms with Crippen LogP contribution in [-0.4, -0.2) is 41.5 Å². The zero-order valence-corrected chi connectivity index (χ0v) is 10.7. The van der Waals surface area contributed by atoms with Gasteiger partial charge in [0, 0.05) is 31.7 Å². The van der Waals surface area contributed by atoms with E-state index in [1.165, 1.54) is 42.9 Å². The number of nitrogens with zero attached hydrogens (tertiary/aromatic N) is 3. The molecular weight excluding hydrogens is 210 g/mol. The van der Waals surface area contributed by atoms with Crippen LogP contribution in [0.2, 0.25) is 0 Å². The van der Waals surface area contributed by atoms with Crippen LogP contribution in [0.4, 0.5) is 0 Å². The molecule has 3 rings (SSSR count). The average Bonchev–Trinajstić information content (AvgIpc) is 2.82. The average molecular weight is 231 g/mol. The minimum absolute atomic E-state index is 1.04. The highest BCUT2D eigenvalue weighted by molar-refractivity contribution is 5.25. The van der Waals surface area contributed by atoms with Crippen LogP contribution in [0.25, 0.3) is 0 Å². The lowest BCUT2D eigenvalue weighted by molar-refractivity contribution is 0.306. The molecule has 0 aliphatic carbocycles. The van der Waals surface area contributed by atoms with Crippen LogP contribution in [0.1, 0.15) is 29.8 Å². The van der Waals surface area contributed by atoms with E-state index in [-0.39, 0.29) is 0 Å². The zero-order valence-electron chi connectivity index (χ0n) is 10.7. The Morgan fingerprint density at radius 1 is 1.18 bits per heavy atom. The van der Waals surface area contributed by atoms with Crippen molar-refractivity contribution < 1.29 is 0 Å². The smallest absolute Gasteiger partial charge is 0.0547 e. The Morgan fingerprint density at radius 3 is 2.82 bits per heavy atom. The fraction of sp³-hybridized carbons (Fsp3) is 0.643. The van der Waals surface area contributed by atoms with Gasteiger partial charge in [0.1, 0.15) is 0 Å². The van der Waals surface area contributed by atoms with Gasteiger partial charge in [0.15, 0.2) is 0 Å². The van der Waals surface area contributed by atoms with Crippen molar-refractivity contribution >= 4 is 0 Å².